The number of aromatic nitrogens is 4. The van der Waals surface area contributed by atoms with Gasteiger partial charge in [0, 0.05) is 12.5 Å². The van der Waals surface area contributed by atoms with Gasteiger partial charge >= 0.3 is 0 Å². The van der Waals surface area contributed by atoms with E-state index in [0.717, 1.165) is 31.6 Å². The van der Waals surface area contributed by atoms with Gasteiger partial charge in [-0.3, -0.25) is 9.36 Å². The number of aliphatic hydroxyl groups is 2. The second-order valence-corrected chi connectivity index (χ2v) is 10.4. The Morgan fingerprint density at radius 2 is 1.86 bits per heavy atom. The molecule has 4 atom stereocenters. The second-order valence-electron chi connectivity index (χ2n) is 10.4. The van der Waals surface area contributed by atoms with Crippen LogP contribution in [-0.2, 0) is 9.53 Å². The first-order valence-corrected chi connectivity index (χ1v) is 13.3. The Labute approximate surface area is 205 Å². The van der Waals surface area contributed by atoms with Gasteiger partial charge in [-0.25, -0.2) is 15.0 Å². The molecule has 10 nitrogen and oxygen atoms in total. The van der Waals surface area contributed by atoms with E-state index in [1.54, 1.807) is 10.9 Å². The number of imidazole rings is 1. The molecule has 0 radical (unpaired) electrons. The third-order valence-electron chi connectivity index (χ3n) is 7.95. The molecule has 1 aliphatic heterocycles. The Balaban J connectivity index is 1.23. The first-order chi connectivity index (χ1) is 17.1. The van der Waals surface area contributed by atoms with E-state index in [9.17, 15) is 15.0 Å². The van der Waals surface area contributed by atoms with Crippen LogP contribution in [0.1, 0.15) is 83.3 Å². The Morgan fingerprint density at radius 3 is 2.63 bits per heavy atom. The molecule has 2 aliphatic carbocycles. The van der Waals surface area contributed by atoms with Gasteiger partial charge in [-0.15, -0.1) is 0 Å². The summed E-state index contributed by atoms with van der Waals surface area (Å²) in [6.45, 7) is -0.309. The first-order valence-electron chi connectivity index (χ1n) is 13.3. The lowest BCUT2D eigenvalue weighted by Crippen LogP contribution is -2.48. The number of hydrogen-bond donors (Lipinski definition) is 4. The number of anilines is 1. The zero-order chi connectivity index (χ0) is 24.2. The number of amides is 1. The number of nitrogens with one attached hydrogen (secondary N) is 2. The van der Waals surface area contributed by atoms with Crippen molar-refractivity contribution in [2.75, 3.05) is 11.9 Å². The summed E-state index contributed by atoms with van der Waals surface area (Å²) >= 11 is 0. The van der Waals surface area contributed by atoms with E-state index in [0.29, 0.717) is 29.4 Å². The van der Waals surface area contributed by atoms with Gasteiger partial charge in [0.25, 0.3) is 0 Å². The molecule has 3 aliphatic rings. The van der Waals surface area contributed by atoms with Crippen molar-refractivity contribution in [2.45, 2.75) is 108 Å². The lowest BCUT2D eigenvalue weighted by molar-refractivity contribution is -0.123. The monoisotopic (exact) mass is 486 g/mol. The van der Waals surface area contributed by atoms with Crippen molar-refractivity contribution in [3.63, 3.8) is 0 Å². The molecule has 192 valence electrons. The SMILES string of the molecule is O=C(CCCC1CCCCC1)N[C@H]1C(CO)OC(n2cnc3c(NC4CCCC4)ncnc32)C1O. The summed E-state index contributed by atoms with van der Waals surface area (Å²) in [5.41, 5.74) is 1.16. The van der Waals surface area contributed by atoms with Crippen LogP contribution in [0.25, 0.3) is 11.2 Å². The van der Waals surface area contributed by atoms with Crippen LogP contribution >= 0.6 is 0 Å². The molecule has 0 bridgehead atoms. The van der Waals surface area contributed by atoms with Crippen molar-refractivity contribution in [2.24, 2.45) is 5.92 Å². The second kappa shape index (κ2) is 11.2. The minimum absolute atomic E-state index is 0.117. The van der Waals surface area contributed by atoms with Gasteiger partial charge in [0.1, 0.15) is 18.5 Å². The number of fused-ring (bicyclic) bond motifs is 1. The van der Waals surface area contributed by atoms with Crippen LogP contribution in [0.5, 0.6) is 0 Å². The van der Waals surface area contributed by atoms with E-state index in [4.69, 9.17) is 4.74 Å². The lowest BCUT2D eigenvalue weighted by atomic mass is 9.86. The highest BCUT2D eigenvalue weighted by Gasteiger charge is 2.45. The van der Waals surface area contributed by atoms with Crippen LogP contribution in [0.15, 0.2) is 12.7 Å². The van der Waals surface area contributed by atoms with Crippen LogP contribution in [0, 0.1) is 5.92 Å². The Kier molecular flexibility index (Phi) is 7.79. The minimum atomic E-state index is -1.05. The number of rotatable bonds is 9. The van der Waals surface area contributed by atoms with Crippen molar-refractivity contribution < 1.29 is 19.7 Å². The summed E-state index contributed by atoms with van der Waals surface area (Å²) in [7, 11) is 0. The van der Waals surface area contributed by atoms with E-state index in [1.807, 2.05) is 0 Å². The third kappa shape index (κ3) is 5.44. The molecule has 3 fully saturated rings. The molecule has 0 aromatic carbocycles. The topological polar surface area (TPSA) is 134 Å². The van der Waals surface area contributed by atoms with Crippen LogP contribution in [0.2, 0.25) is 0 Å². The van der Waals surface area contributed by atoms with Crippen molar-refractivity contribution in [1.29, 1.82) is 0 Å². The largest absolute Gasteiger partial charge is 0.394 e. The van der Waals surface area contributed by atoms with Gasteiger partial charge in [0.15, 0.2) is 23.2 Å². The molecule has 3 unspecified atom stereocenters. The summed E-state index contributed by atoms with van der Waals surface area (Å²) in [5.74, 6) is 1.29. The maximum Gasteiger partial charge on any atom is 0.220 e. The molecule has 0 spiro atoms. The fourth-order valence-electron chi connectivity index (χ4n) is 6.00. The normalized spacial score (nSPS) is 28.1. The van der Waals surface area contributed by atoms with E-state index in [2.05, 4.69) is 25.6 Å². The molecule has 3 heterocycles. The molecular weight excluding hydrogens is 448 g/mol. The Hall–Kier alpha value is -2.30. The molecule has 1 amide bonds. The van der Waals surface area contributed by atoms with Crippen molar-refractivity contribution in [3.8, 4) is 0 Å². The molecule has 2 aromatic rings. The number of aliphatic hydroxyl groups excluding tert-OH is 2. The van der Waals surface area contributed by atoms with Gasteiger partial charge in [0.2, 0.25) is 5.91 Å². The molecule has 5 rings (SSSR count). The van der Waals surface area contributed by atoms with Crippen LogP contribution < -0.4 is 10.6 Å². The number of hydrogen-bond acceptors (Lipinski definition) is 8. The minimum Gasteiger partial charge on any atom is -0.394 e. The Morgan fingerprint density at radius 1 is 1.09 bits per heavy atom. The molecule has 35 heavy (non-hydrogen) atoms. The highest BCUT2D eigenvalue weighted by molar-refractivity contribution is 5.83. The average Bonchev–Trinajstić information content (AvgIpc) is 3.60. The highest BCUT2D eigenvalue weighted by Crippen LogP contribution is 2.33. The zero-order valence-electron chi connectivity index (χ0n) is 20.3. The maximum absolute atomic E-state index is 12.7. The van der Waals surface area contributed by atoms with Crippen molar-refractivity contribution in [3.05, 3.63) is 12.7 Å². The van der Waals surface area contributed by atoms with Crippen LogP contribution in [0.4, 0.5) is 5.82 Å². The van der Waals surface area contributed by atoms with E-state index < -0.39 is 24.5 Å². The molecule has 2 saturated carbocycles. The van der Waals surface area contributed by atoms with Gasteiger partial charge < -0.3 is 25.6 Å². The predicted molar refractivity (Wildman–Crippen MR) is 131 cm³/mol. The summed E-state index contributed by atoms with van der Waals surface area (Å²) in [6, 6.07) is -0.328. The fraction of sp³-hybridized carbons (Fsp3) is 0.760. The molecular formula is C25H38N6O4. The third-order valence-corrected chi connectivity index (χ3v) is 7.95. The summed E-state index contributed by atoms with van der Waals surface area (Å²) in [5, 5.41) is 27.4. The molecule has 2 aromatic heterocycles. The van der Waals surface area contributed by atoms with E-state index >= 15 is 0 Å². The highest BCUT2D eigenvalue weighted by atomic mass is 16.5. The number of carbonyl (C=O) groups excluding carboxylic acids is 1. The van der Waals surface area contributed by atoms with E-state index in [1.165, 1.54) is 51.3 Å². The van der Waals surface area contributed by atoms with Gasteiger partial charge in [-0.05, 0) is 31.6 Å². The lowest BCUT2D eigenvalue weighted by Gasteiger charge is -2.22. The fourth-order valence-corrected chi connectivity index (χ4v) is 6.00. The average molecular weight is 487 g/mol. The molecule has 10 heteroatoms. The maximum atomic E-state index is 12.7. The van der Waals surface area contributed by atoms with Gasteiger partial charge in [0.05, 0.1) is 19.0 Å². The summed E-state index contributed by atoms with van der Waals surface area (Å²) in [4.78, 5) is 25.9. The molecule has 4 N–H and O–H groups in total. The van der Waals surface area contributed by atoms with E-state index in [-0.39, 0.29) is 12.5 Å². The predicted octanol–water partition coefficient (Wildman–Crippen LogP) is 2.67. The van der Waals surface area contributed by atoms with Crippen LogP contribution in [0.3, 0.4) is 0 Å². The summed E-state index contributed by atoms with van der Waals surface area (Å²) < 4.78 is 7.66. The van der Waals surface area contributed by atoms with Crippen LogP contribution in [-0.4, -0.2) is 66.5 Å². The van der Waals surface area contributed by atoms with Gasteiger partial charge in [-0.1, -0.05) is 44.9 Å². The number of ether oxygens (including phenoxy) is 1. The Bertz CT molecular complexity index is 987. The number of carbonyl (C=O) groups is 1. The van der Waals surface area contributed by atoms with Crippen molar-refractivity contribution in [1.82, 2.24) is 24.8 Å². The summed E-state index contributed by atoms with van der Waals surface area (Å²) in [6.07, 6.45) is 13.9. The molecule has 1 saturated heterocycles. The smallest absolute Gasteiger partial charge is 0.220 e. The van der Waals surface area contributed by atoms with Gasteiger partial charge in [-0.2, -0.15) is 0 Å². The first kappa shape index (κ1) is 24.4. The number of nitrogens with zero attached hydrogens (tertiary/aromatic N) is 4. The van der Waals surface area contributed by atoms with Crippen molar-refractivity contribution >= 4 is 22.9 Å². The quantitative estimate of drug-likeness (QED) is 0.425. The zero-order valence-corrected chi connectivity index (χ0v) is 20.3. The standard InChI is InChI=1S/C25H38N6O4/c32-13-18-20(30-19(33)12-6-9-16-7-2-1-3-8-16)22(34)25(35-18)31-15-28-21-23(26-14-27-24(21)31)29-17-10-4-5-11-17/h14-18,20,22,25,32,34H,1-13H2,(H,30,33)(H,26,27,29)/t18?,20-,22?,25?/m0/s1.